The van der Waals surface area contributed by atoms with E-state index in [0.717, 1.165) is 12.0 Å². The summed E-state index contributed by atoms with van der Waals surface area (Å²) in [6.45, 7) is 2.82. The van der Waals surface area contributed by atoms with E-state index in [0.29, 0.717) is 25.1 Å². The van der Waals surface area contributed by atoms with Crippen LogP contribution in [0.2, 0.25) is 0 Å². The number of carboxylic acids is 1. The van der Waals surface area contributed by atoms with Crippen LogP contribution in [0.4, 0.5) is 0 Å². The Balaban J connectivity index is 1.93. The van der Waals surface area contributed by atoms with Crippen LogP contribution in [-0.4, -0.2) is 60.6 Å². The first-order valence-corrected chi connectivity index (χ1v) is 8.31. The zero-order valence-corrected chi connectivity index (χ0v) is 14.5. The molecule has 1 aromatic carbocycles. The minimum Gasteiger partial charge on any atom is -0.479 e. The van der Waals surface area contributed by atoms with Crippen molar-refractivity contribution in [1.29, 1.82) is 0 Å². The molecule has 25 heavy (non-hydrogen) atoms. The summed E-state index contributed by atoms with van der Waals surface area (Å²) in [6, 6.07) is 7.35. The number of benzene rings is 1. The first kappa shape index (κ1) is 18.9. The maximum atomic E-state index is 12.6. The highest BCUT2D eigenvalue weighted by Gasteiger charge is 2.29. The molecule has 1 aliphatic heterocycles. The molecular weight excluding hydrogens is 324 g/mol. The Labute approximate surface area is 147 Å². The van der Waals surface area contributed by atoms with Crippen molar-refractivity contribution in [3.05, 3.63) is 35.4 Å². The molecule has 0 aromatic heterocycles. The van der Waals surface area contributed by atoms with E-state index in [1.54, 1.807) is 17.0 Å². The maximum absolute atomic E-state index is 12.6. The molecule has 1 saturated heterocycles. The second-order valence-corrected chi connectivity index (χ2v) is 6.26. The van der Waals surface area contributed by atoms with E-state index in [9.17, 15) is 14.4 Å². The van der Waals surface area contributed by atoms with Crippen molar-refractivity contribution in [1.82, 2.24) is 10.2 Å². The van der Waals surface area contributed by atoms with Crippen LogP contribution >= 0.6 is 0 Å². The summed E-state index contributed by atoms with van der Waals surface area (Å²) in [7, 11) is 1.29. The molecule has 0 radical (unpaired) electrons. The Morgan fingerprint density at radius 3 is 2.60 bits per heavy atom. The molecule has 7 nitrogen and oxygen atoms in total. The van der Waals surface area contributed by atoms with Crippen LogP contribution in [0.15, 0.2) is 24.3 Å². The average molecular weight is 348 g/mol. The Morgan fingerprint density at radius 2 is 2.00 bits per heavy atom. The number of piperidine rings is 1. The Morgan fingerprint density at radius 1 is 1.32 bits per heavy atom. The molecule has 136 valence electrons. The number of nitrogens with zero attached hydrogens (tertiary/aromatic N) is 1. The highest BCUT2D eigenvalue weighted by molar-refractivity contribution is 5.94. The zero-order valence-electron chi connectivity index (χ0n) is 14.5. The van der Waals surface area contributed by atoms with Crippen LogP contribution in [0, 0.1) is 12.8 Å². The van der Waals surface area contributed by atoms with Crippen LogP contribution in [0.25, 0.3) is 0 Å². The highest BCUT2D eigenvalue weighted by Crippen LogP contribution is 2.19. The number of rotatable bonds is 6. The largest absolute Gasteiger partial charge is 0.479 e. The number of aliphatic carboxylic acids is 1. The number of nitrogens with one attached hydrogen (secondary N) is 1. The SMILES string of the molecule is COC(CNC(=O)C1CCCN(C(=O)c2ccc(C)cc2)C1)C(=O)O. The van der Waals surface area contributed by atoms with Crippen LogP contribution in [0.1, 0.15) is 28.8 Å². The lowest BCUT2D eigenvalue weighted by Crippen LogP contribution is -2.47. The number of aryl methyl sites for hydroxylation is 1. The molecule has 2 N–H and O–H groups in total. The summed E-state index contributed by atoms with van der Waals surface area (Å²) in [5, 5.41) is 11.5. The molecule has 2 unspecified atom stereocenters. The van der Waals surface area contributed by atoms with E-state index in [1.807, 2.05) is 19.1 Å². The molecule has 0 spiro atoms. The van der Waals surface area contributed by atoms with Crippen LogP contribution in [-0.2, 0) is 14.3 Å². The third-order valence-corrected chi connectivity index (χ3v) is 4.40. The molecule has 1 aromatic rings. The predicted octanol–water partition coefficient (Wildman–Crippen LogP) is 1.06. The summed E-state index contributed by atoms with van der Waals surface area (Å²) in [4.78, 5) is 37.5. The molecular formula is C18H24N2O5. The van der Waals surface area contributed by atoms with Crippen molar-refractivity contribution in [2.45, 2.75) is 25.9 Å². The molecule has 7 heteroatoms. The summed E-state index contributed by atoms with van der Waals surface area (Å²) in [5.74, 6) is -1.79. The van der Waals surface area contributed by atoms with Gasteiger partial charge >= 0.3 is 5.97 Å². The fraction of sp³-hybridized carbons (Fsp3) is 0.500. The van der Waals surface area contributed by atoms with Gasteiger partial charge in [0.25, 0.3) is 5.91 Å². The Bertz CT molecular complexity index is 629. The topological polar surface area (TPSA) is 95.9 Å². The van der Waals surface area contributed by atoms with Crippen LogP contribution < -0.4 is 5.32 Å². The maximum Gasteiger partial charge on any atom is 0.334 e. The number of carbonyl (C=O) groups is 3. The fourth-order valence-corrected chi connectivity index (χ4v) is 2.86. The van der Waals surface area contributed by atoms with Gasteiger partial charge in [-0.05, 0) is 31.9 Å². The van der Waals surface area contributed by atoms with E-state index in [4.69, 9.17) is 9.84 Å². The predicted molar refractivity (Wildman–Crippen MR) is 91.2 cm³/mol. The van der Waals surface area contributed by atoms with Crippen LogP contribution in [0.3, 0.4) is 0 Å². The molecule has 2 amide bonds. The van der Waals surface area contributed by atoms with Gasteiger partial charge in [0.15, 0.2) is 6.10 Å². The number of ether oxygens (including phenoxy) is 1. The molecule has 0 aliphatic carbocycles. The normalized spacial score (nSPS) is 18.5. The van der Waals surface area contributed by atoms with Gasteiger partial charge in [0.05, 0.1) is 12.5 Å². The third kappa shape index (κ3) is 5.03. The summed E-state index contributed by atoms with van der Waals surface area (Å²) in [5.41, 5.74) is 1.69. The van der Waals surface area contributed by atoms with Gasteiger partial charge in [0, 0.05) is 25.8 Å². The third-order valence-electron chi connectivity index (χ3n) is 4.40. The second kappa shape index (κ2) is 8.62. The second-order valence-electron chi connectivity index (χ2n) is 6.26. The monoisotopic (exact) mass is 348 g/mol. The lowest BCUT2D eigenvalue weighted by molar-refractivity contribution is -0.148. The zero-order chi connectivity index (χ0) is 18.4. The van der Waals surface area contributed by atoms with Crippen molar-refractivity contribution in [2.24, 2.45) is 5.92 Å². The lowest BCUT2D eigenvalue weighted by atomic mass is 9.96. The van der Waals surface area contributed by atoms with Gasteiger partial charge in [-0.3, -0.25) is 9.59 Å². The fourth-order valence-electron chi connectivity index (χ4n) is 2.86. The summed E-state index contributed by atoms with van der Waals surface area (Å²) < 4.78 is 4.80. The van der Waals surface area contributed by atoms with E-state index in [1.165, 1.54) is 7.11 Å². The van der Waals surface area contributed by atoms with E-state index >= 15 is 0 Å². The number of likely N-dealkylation sites (tertiary alicyclic amines) is 1. The van der Waals surface area contributed by atoms with Gasteiger partial charge in [-0.25, -0.2) is 4.79 Å². The van der Waals surface area contributed by atoms with Crippen LogP contribution in [0.5, 0.6) is 0 Å². The van der Waals surface area contributed by atoms with Gasteiger partial charge in [0.1, 0.15) is 0 Å². The summed E-state index contributed by atoms with van der Waals surface area (Å²) in [6.07, 6.45) is 0.342. The van der Waals surface area contributed by atoms with Crippen molar-refractivity contribution in [3.8, 4) is 0 Å². The van der Waals surface area contributed by atoms with Crippen molar-refractivity contribution < 1.29 is 24.2 Å². The average Bonchev–Trinajstić information content (AvgIpc) is 2.62. The number of hydrogen-bond acceptors (Lipinski definition) is 4. The lowest BCUT2D eigenvalue weighted by Gasteiger charge is -2.32. The van der Waals surface area contributed by atoms with Gasteiger partial charge in [0.2, 0.25) is 5.91 Å². The Kier molecular flexibility index (Phi) is 6.52. The Hall–Kier alpha value is -2.41. The molecule has 1 aliphatic rings. The molecule has 1 fully saturated rings. The van der Waals surface area contributed by atoms with Crippen molar-refractivity contribution >= 4 is 17.8 Å². The molecule has 2 rings (SSSR count). The highest BCUT2D eigenvalue weighted by atomic mass is 16.5. The number of methoxy groups -OCH3 is 1. The van der Waals surface area contributed by atoms with E-state index in [2.05, 4.69) is 5.32 Å². The van der Waals surface area contributed by atoms with Gasteiger partial charge in [-0.2, -0.15) is 0 Å². The molecule has 2 atom stereocenters. The molecule has 1 heterocycles. The van der Waals surface area contributed by atoms with Crippen molar-refractivity contribution in [3.63, 3.8) is 0 Å². The minimum absolute atomic E-state index is 0.0854. The van der Waals surface area contributed by atoms with Gasteiger partial charge in [-0.15, -0.1) is 0 Å². The number of hydrogen-bond donors (Lipinski definition) is 2. The number of amides is 2. The number of carbonyl (C=O) groups excluding carboxylic acids is 2. The molecule has 0 saturated carbocycles. The van der Waals surface area contributed by atoms with Gasteiger partial charge < -0.3 is 20.1 Å². The smallest absolute Gasteiger partial charge is 0.334 e. The van der Waals surface area contributed by atoms with Crippen molar-refractivity contribution in [2.75, 3.05) is 26.7 Å². The first-order valence-electron chi connectivity index (χ1n) is 8.31. The minimum atomic E-state index is -1.12. The first-order chi connectivity index (χ1) is 11.9. The van der Waals surface area contributed by atoms with E-state index < -0.39 is 12.1 Å². The standard InChI is InChI=1S/C18H24N2O5/c1-12-5-7-13(8-6-12)17(22)20-9-3-4-14(11-20)16(21)19-10-15(25-2)18(23)24/h5-8,14-15H,3-4,9-11H2,1-2H3,(H,19,21)(H,23,24). The van der Waals surface area contributed by atoms with E-state index in [-0.39, 0.29) is 24.3 Å². The quantitative estimate of drug-likeness (QED) is 0.801. The summed E-state index contributed by atoms with van der Waals surface area (Å²) >= 11 is 0. The molecule has 0 bridgehead atoms. The van der Waals surface area contributed by atoms with Gasteiger partial charge in [-0.1, -0.05) is 17.7 Å². The number of carboxylic acid groups (broad SMARTS) is 1.